The van der Waals surface area contributed by atoms with Crippen LogP contribution in [0.5, 0.6) is 17.2 Å². The summed E-state index contributed by atoms with van der Waals surface area (Å²) in [6, 6.07) is 10.9. The fourth-order valence-electron chi connectivity index (χ4n) is 2.06. The Morgan fingerprint density at radius 2 is 1.61 bits per heavy atom. The van der Waals surface area contributed by atoms with Crippen LogP contribution < -0.4 is 9.47 Å². The van der Waals surface area contributed by atoms with Crippen molar-refractivity contribution < 1.29 is 32.2 Å². The van der Waals surface area contributed by atoms with Crippen LogP contribution in [0.15, 0.2) is 60.7 Å². The summed E-state index contributed by atoms with van der Waals surface area (Å²) in [6.07, 6.45) is 2.94. The van der Waals surface area contributed by atoms with Gasteiger partial charge in [-0.1, -0.05) is 5.92 Å². The van der Waals surface area contributed by atoms with Crippen LogP contribution in [0, 0.1) is 12.3 Å². The SMILES string of the molecule is C#CCOC(=O)/C=C/C(C)Oc1ccc(Oc2ccc(C(F)(F)F)cc2)cc1. The molecule has 0 aromatic heterocycles. The summed E-state index contributed by atoms with van der Waals surface area (Å²) in [5, 5.41) is 0. The van der Waals surface area contributed by atoms with Crippen molar-refractivity contribution in [3.8, 4) is 29.6 Å². The van der Waals surface area contributed by atoms with Crippen LogP contribution in [-0.2, 0) is 15.7 Å². The monoisotopic (exact) mass is 390 g/mol. The quantitative estimate of drug-likeness (QED) is 0.379. The lowest BCUT2D eigenvalue weighted by Gasteiger charge is -2.12. The maximum absolute atomic E-state index is 12.6. The van der Waals surface area contributed by atoms with E-state index in [0.717, 1.165) is 12.1 Å². The highest BCUT2D eigenvalue weighted by atomic mass is 19.4. The van der Waals surface area contributed by atoms with Crippen molar-refractivity contribution in [1.82, 2.24) is 0 Å². The van der Waals surface area contributed by atoms with Gasteiger partial charge >= 0.3 is 12.1 Å². The number of halogens is 3. The van der Waals surface area contributed by atoms with E-state index in [9.17, 15) is 18.0 Å². The highest BCUT2D eigenvalue weighted by molar-refractivity contribution is 5.82. The molecule has 2 rings (SSSR count). The predicted molar refractivity (Wildman–Crippen MR) is 97.0 cm³/mol. The first-order chi connectivity index (χ1) is 13.3. The standard InChI is InChI=1S/C21H17F3O4/c1-3-14-26-20(25)13-4-15(2)27-17-9-11-19(12-10-17)28-18-7-5-16(6-8-18)21(22,23)24/h1,4-13,15H,14H2,2H3/b13-4+. The number of hydrogen-bond acceptors (Lipinski definition) is 4. The van der Waals surface area contributed by atoms with Crippen LogP contribution in [0.25, 0.3) is 0 Å². The fourth-order valence-corrected chi connectivity index (χ4v) is 2.06. The zero-order valence-corrected chi connectivity index (χ0v) is 14.9. The smallest absolute Gasteiger partial charge is 0.416 e. The van der Waals surface area contributed by atoms with E-state index in [1.54, 1.807) is 31.2 Å². The van der Waals surface area contributed by atoms with Crippen molar-refractivity contribution in [3.63, 3.8) is 0 Å². The van der Waals surface area contributed by atoms with Crippen molar-refractivity contribution in [3.05, 3.63) is 66.2 Å². The fraction of sp³-hybridized carbons (Fsp3) is 0.190. The van der Waals surface area contributed by atoms with Gasteiger partial charge in [0.1, 0.15) is 23.4 Å². The lowest BCUT2D eigenvalue weighted by Crippen LogP contribution is -2.09. The molecule has 146 valence electrons. The number of alkyl halides is 3. The molecular weight excluding hydrogens is 373 g/mol. The number of hydrogen-bond donors (Lipinski definition) is 0. The second-order valence-corrected chi connectivity index (χ2v) is 5.59. The molecule has 1 unspecified atom stereocenters. The molecule has 7 heteroatoms. The van der Waals surface area contributed by atoms with E-state index < -0.39 is 23.8 Å². The van der Waals surface area contributed by atoms with Crippen molar-refractivity contribution in [2.75, 3.05) is 6.61 Å². The van der Waals surface area contributed by atoms with Gasteiger partial charge in [0.05, 0.1) is 5.56 Å². The summed E-state index contributed by atoms with van der Waals surface area (Å²) >= 11 is 0. The van der Waals surface area contributed by atoms with Crippen LogP contribution in [0.3, 0.4) is 0 Å². The molecule has 0 fully saturated rings. The third kappa shape index (κ3) is 6.72. The molecule has 1 atom stereocenters. The minimum atomic E-state index is -4.39. The van der Waals surface area contributed by atoms with Crippen molar-refractivity contribution in [2.24, 2.45) is 0 Å². The molecule has 0 saturated heterocycles. The molecule has 4 nitrogen and oxygen atoms in total. The van der Waals surface area contributed by atoms with Gasteiger partial charge in [-0.3, -0.25) is 0 Å². The third-order valence-electron chi connectivity index (χ3n) is 3.36. The van der Waals surface area contributed by atoms with Gasteiger partial charge in [0.15, 0.2) is 6.61 Å². The van der Waals surface area contributed by atoms with E-state index >= 15 is 0 Å². The summed E-state index contributed by atoms with van der Waals surface area (Å²) in [4.78, 5) is 11.3. The van der Waals surface area contributed by atoms with E-state index in [2.05, 4.69) is 5.92 Å². The maximum Gasteiger partial charge on any atom is 0.416 e. The van der Waals surface area contributed by atoms with Gasteiger partial charge in [0.2, 0.25) is 0 Å². The molecule has 0 bridgehead atoms. The Hall–Kier alpha value is -3.40. The minimum Gasteiger partial charge on any atom is -0.487 e. The molecule has 0 spiro atoms. The number of rotatable bonds is 7. The Kier molecular flexibility index (Phi) is 7.10. The lowest BCUT2D eigenvalue weighted by atomic mass is 10.2. The topological polar surface area (TPSA) is 44.8 Å². The van der Waals surface area contributed by atoms with Gasteiger partial charge in [-0.2, -0.15) is 13.2 Å². The van der Waals surface area contributed by atoms with Crippen LogP contribution >= 0.6 is 0 Å². The van der Waals surface area contributed by atoms with E-state index in [4.69, 9.17) is 20.6 Å². The summed E-state index contributed by atoms with van der Waals surface area (Å²) in [5.41, 5.74) is -0.742. The van der Waals surface area contributed by atoms with Gasteiger partial charge in [-0.25, -0.2) is 4.79 Å². The Bertz CT molecular complexity index is 847. The average molecular weight is 390 g/mol. The second kappa shape index (κ2) is 9.51. The highest BCUT2D eigenvalue weighted by Gasteiger charge is 2.30. The average Bonchev–Trinajstić information content (AvgIpc) is 2.66. The van der Waals surface area contributed by atoms with Gasteiger partial charge in [-0.15, -0.1) is 6.42 Å². The van der Waals surface area contributed by atoms with Crippen LogP contribution in [0.1, 0.15) is 12.5 Å². The second-order valence-electron chi connectivity index (χ2n) is 5.59. The van der Waals surface area contributed by atoms with Crippen molar-refractivity contribution >= 4 is 5.97 Å². The summed E-state index contributed by atoms with van der Waals surface area (Å²) in [7, 11) is 0. The number of benzene rings is 2. The summed E-state index contributed by atoms with van der Waals surface area (Å²) < 4.78 is 53.5. The normalized spacial score (nSPS) is 12.2. The summed E-state index contributed by atoms with van der Waals surface area (Å²) in [6.45, 7) is 1.64. The predicted octanol–water partition coefficient (Wildman–Crippen LogP) is 5.00. The molecule has 28 heavy (non-hydrogen) atoms. The molecule has 0 aliphatic heterocycles. The van der Waals surface area contributed by atoms with Crippen LogP contribution in [-0.4, -0.2) is 18.7 Å². The molecule has 0 N–H and O–H groups in total. The molecule has 2 aromatic rings. The largest absolute Gasteiger partial charge is 0.487 e. The Balaban J connectivity index is 1.90. The third-order valence-corrected chi connectivity index (χ3v) is 3.36. The molecule has 2 aromatic carbocycles. The first kappa shape index (κ1) is 20.9. The Labute approximate surface area is 160 Å². The minimum absolute atomic E-state index is 0.0984. The lowest BCUT2D eigenvalue weighted by molar-refractivity contribution is -0.138. The molecular formula is C21H17F3O4. The molecule has 0 aliphatic carbocycles. The first-order valence-corrected chi connectivity index (χ1v) is 8.18. The Morgan fingerprint density at radius 1 is 1.07 bits per heavy atom. The molecule has 0 radical (unpaired) electrons. The molecule has 0 aliphatic rings. The highest BCUT2D eigenvalue weighted by Crippen LogP contribution is 2.31. The number of carbonyl (C=O) groups excluding carboxylic acids is 1. The molecule has 0 heterocycles. The van der Waals surface area contributed by atoms with E-state index in [0.29, 0.717) is 11.5 Å². The maximum atomic E-state index is 12.6. The molecule has 0 amide bonds. The zero-order valence-electron chi connectivity index (χ0n) is 14.9. The van der Waals surface area contributed by atoms with Crippen LogP contribution in [0.4, 0.5) is 13.2 Å². The van der Waals surface area contributed by atoms with Crippen LogP contribution in [0.2, 0.25) is 0 Å². The van der Waals surface area contributed by atoms with Gasteiger partial charge in [0.25, 0.3) is 0 Å². The number of esters is 1. The van der Waals surface area contributed by atoms with E-state index in [1.807, 2.05) is 0 Å². The number of carbonyl (C=O) groups is 1. The van der Waals surface area contributed by atoms with Gasteiger partial charge < -0.3 is 14.2 Å². The van der Waals surface area contributed by atoms with E-state index in [1.165, 1.54) is 24.3 Å². The first-order valence-electron chi connectivity index (χ1n) is 8.18. The zero-order chi connectivity index (χ0) is 20.6. The number of ether oxygens (including phenoxy) is 3. The van der Waals surface area contributed by atoms with Crippen molar-refractivity contribution in [1.29, 1.82) is 0 Å². The summed E-state index contributed by atoms with van der Waals surface area (Å²) in [5.74, 6) is 2.87. The van der Waals surface area contributed by atoms with Gasteiger partial charge in [-0.05, 0) is 61.5 Å². The number of terminal acetylenes is 1. The van der Waals surface area contributed by atoms with E-state index in [-0.39, 0.29) is 12.4 Å². The van der Waals surface area contributed by atoms with Crippen molar-refractivity contribution in [2.45, 2.75) is 19.2 Å². The Morgan fingerprint density at radius 3 is 2.14 bits per heavy atom. The molecule has 0 saturated carbocycles. The van der Waals surface area contributed by atoms with Gasteiger partial charge in [0, 0.05) is 6.08 Å².